The van der Waals surface area contributed by atoms with Gasteiger partial charge in [-0.3, -0.25) is 0 Å². The zero-order chi connectivity index (χ0) is 13.0. The molecule has 0 atom stereocenters. The highest BCUT2D eigenvalue weighted by molar-refractivity contribution is 5.60. The number of hydrogen-bond donors (Lipinski definition) is 1. The summed E-state index contributed by atoms with van der Waals surface area (Å²) in [6.45, 7) is 2.05. The van der Waals surface area contributed by atoms with Crippen molar-refractivity contribution in [2.24, 2.45) is 0 Å². The van der Waals surface area contributed by atoms with Crippen molar-refractivity contribution in [2.75, 3.05) is 0 Å². The van der Waals surface area contributed by atoms with Crippen molar-refractivity contribution < 1.29 is 14.6 Å². The van der Waals surface area contributed by atoms with Gasteiger partial charge in [-0.2, -0.15) is 0 Å². The first-order valence-corrected chi connectivity index (χ1v) is 5.55. The molecule has 2 aromatic rings. The van der Waals surface area contributed by atoms with Gasteiger partial charge >= 0.3 is 6.16 Å². The third kappa shape index (κ3) is 3.07. The summed E-state index contributed by atoms with van der Waals surface area (Å²) in [4.78, 5) is 14.3. The van der Waals surface area contributed by atoms with E-state index >= 15 is 0 Å². The molecule has 18 heavy (non-hydrogen) atoms. The van der Waals surface area contributed by atoms with Gasteiger partial charge in [0.1, 0.15) is 0 Å². The van der Waals surface area contributed by atoms with Gasteiger partial charge in [0.25, 0.3) is 0 Å². The van der Waals surface area contributed by atoms with Crippen molar-refractivity contribution in [1.82, 2.24) is 4.98 Å². The standard InChI is InChI=1S/C14H13NO3/c1-10-4-2-3-5-12(10)8-11-6-7-15-13(9-11)18-14(16)17/h2-7,9H,8H2,1H3,(H,16,17). The fourth-order valence-corrected chi connectivity index (χ4v) is 1.73. The summed E-state index contributed by atoms with van der Waals surface area (Å²) in [5.41, 5.74) is 3.37. The molecule has 0 aliphatic carbocycles. The van der Waals surface area contributed by atoms with E-state index in [0.717, 1.165) is 12.0 Å². The number of pyridine rings is 1. The van der Waals surface area contributed by atoms with Gasteiger partial charge in [0.2, 0.25) is 5.88 Å². The Morgan fingerprint density at radius 1 is 1.33 bits per heavy atom. The molecule has 1 heterocycles. The minimum absolute atomic E-state index is 0.105. The molecule has 0 aliphatic heterocycles. The third-order valence-corrected chi connectivity index (χ3v) is 2.65. The molecular formula is C14H13NO3. The summed E-state index contributed by atoms with van der Waals surface area (Å²) in [6, 6.07) is 11.6. The topological polar surface area (TPSA) is 59.4 Å². The fraction of sp³-hybridized carbons (Fsp3) is 0.143. The number of ether oxygens (including phenoxy) is 1. The van der Waals surface area contributed by atoms with Gasteiger partial charge in [0.15, 0.2) is 0 Å². The Hall–Kier alpha value is -2.36. The van der Waals surface area contributed by atoms with E-state index < -0.39 is 6.16 Å². The molecule has 4 heteroatoms. The second-order valence-corrected chi connectivity index (χ2v) is 3.97. The Bertz CT molecular complexity index is 566. The number of hydrogen-bond acceptors (Lipinski definition) is 3. The SMILES string of the molecule is Cc1ccccc1Cc1ccnc(OC(=O)O)c1. The Morgan fingerprint density at radius 3 is 2.83 bits per heavy atom. The zero-order valence-corrected chi connectivity index (χ0v) is 9.96. The molecule has 1 aromatic carbocycles. The molecule has 0 radical (unpaired) electrons. The van der Waals surface area contributed by atoms with Gasteiger partial charge in [-0.25, -0.2) is 9.78 Å². The van der Waals surface area contributed by atoms with Crippen LogP contribution in [0.15, 0.2) is 42.6 Å². The molecule has 0 aliphatic rings. The Labute approximate surface area is 105 Å². The molecule has 1 N–H and O–H groups in total. The normalized spacial score (nSPS) is 10.1. The van der Waals surface area contributed by atoms with Crippen molar-refractivity contribution in [1.29, 1.82) is 0 Å². The number of aromatic nitrogens is 1. The maximum absolute atomic E-state index is 10.4. The van der Waals surface area contributed by atoms with E-state index in [2.05, 4.69) is 9.72 Å². The number of carboxylic acid groups (broad SMARTS) is 1. The molecular weight excluding hydrogens is 230 g/mol. The summed E-state index contributed by atoms with van der Waals surface area (Å²) in [5, 5.41) is 8.53. The van der Waals surface area contributed by atoms with Gasteiger partial charge in [-0.15, -0.1) is 0 Å². The smallest absolute Gasteiger partial charge is 0.449 e. The van der Waals surface area contributed by atoms with E-state index in [9.17, 15) is 4.79 Å². The van der Waals surface area contributed by atoms with Crippen LogP contribution in [0.2, 0.25) is 0 Å². The number of rotatable bonds is 3. The molecule has 92 valence electrons. The molecule has 2 rings (SSSR count). The van der Waals surface area contributed by atoms with E-state index in [1.165, 1.54) is 11.1 Å². The van der Waals surface area contributed by atoms with Gasteiger partial charge in [0, 0.05) is 12.3 Å². The molecule has 0 spiro atoms. The Kier molecular flexibility index (Phi) is 3.57. The molecule has 0 saturated carbocycles. The highest BCUT2D eigenvalue weighted by Gasteiger charge is 2.05. The van der Waals surface area contributed by atoms with Gasteiger partial charge in [0.05, 0.1) is 0 Å². The van der Waals surface area contributed by atoms with E-state index in [0.29, 0.717) is 0 Å². The van der Waals surface area contributed by atoms with E-state index in [1.807, 2.05) is 37.3 Å². The second-order valence-electron chi connectivity index (χ2n) is 3.97. The van der Waals surface area contributed by atoms with E-state index in [1.54, 1.807) is 12.3 Å². The van der Waals surface area contributed by atoms with Crippen LogP contribution in [0.5, 0.6) is 5.88 Å². The van der Waals surface area contributed by atoms with Crippen molar-refractivity contribution in [3.8, 4) is 5.88 Å². The highest BCUT2D eigenvalue weighted by Crippen LogP contribution is 2.16. The van der Waals surface area contributed by atoms with Crippen LogP contribution in [0.1, 0.15) is 16.7 Å². The van der Waals surface area contributed by atoms with Crippen LogP contribution < -0.4 is 4.74 Å². The van der Waals surface area contributed by atoms with Gasteiger partial charge in [-0.1, -0.05) is 24.3 Å². The van der Waals surface area contributed by atoms with Gasteiger partial charge < -0.3 is 9.84 Å². The first-order valence-electron chi connectivity index (χ1n) is 5.55. The van der Waals surface area contributed by atoms with Crippen molar-refractivity contribution in [3.05, 3.63) is 59.3 Å². The van der Waals surface area contributed by atoms with Crippen LogP contribution in [0.25, 0.3) is 0 Å². The van der Waals surface area contributed by atoms with Crippen LogP contribution in [0.3, 0.4) is 0 Å². The lowest BCUT2D eigenvalue weighted by molar-refractivity contribution is 0.142. The largest absolute Gasteiger partial charge is 0.512 e. The lowest BCUT2D eigenvalue weighted by Gasteiger charge is -2.06. The average molecular weight is 243 g/mol. The zero-order valence-electron chi connectivity index (χ0n) is 9.96. The first-order chi connectivity index (χ1) is 8.65. The summed E-state index contributed by atoms with van der Waals surface area (Å²) in [6.07, 6.45) is 0.924. The molecule has 0 unspecified atom stereocenters. The Morgan fingerprint density at radius 2 is 2.11 bits per heavy atom. The van der Waals surface area contributed by atoms with E-state index in [-0.39, 0.29) is 5.88 Å². The van der Waals surface area contributed by atoms with Gasteiger partial charge in [-0.05, 0) is 36.1 Å². The first kappa shape index (κ1) is 12.1. The minimum Gasteiger partial charge on any atom is -0.449 e. The van der Waals surface area contributed by atoms with Crippen molar-refractivity contribution in [2.45, 2.75) is 13.3 Å². The lowest BCUT2D eigenvalue weighted by Crippen LogP contribution is -2.04. The molecule has 4 nitrogen and oxygen atoms in total. The maximum Gasteiger partial charge on any atom is 0.512 e. The van der Waals surface area contributed by atoms with Crippen LogP contribution in [0, 0.1) is 6.92 Å². The van der Waals surface area contributed by atoms with Crippen LogP contribution >= 0.6 is 0 Å². The molecule has 0 saturated heterocycles. The molecule has 0 bridgehead atoms. The number of aryl methyl sites for hydroxylation is 1. The third-order valence-electron chi connectivity index (χ3n) is 2.65. The van der Waals surface area contributed by atoms with E-state index in [4.69, 9.17) is 5.11 Å². The number of carbonyl (C=O) groups is 1. The quantitative estimate of drug-likeness (QED) is 0.842. The summed E-state index contributed by atoms with van der Waals surface area (Å²) in [5.74, 6) is 0.105. The molecule has 1 aromatic heterocycles. The van der Waals surface area contributed by atoms with Crippen LogP contribution in [-0.4, -0.2) is 16.2 Å². The monoisotopic (exact) mass is 243 g/mol. The second kappa shape index (κ2) is 5.31. The lowest BCUT2D eigenvalue weighted by atomic mass is 10.0. The maximum atomic E-state index is 10.4. The highest BCUT2D eigenvalue weighted by atomic mass is 16.7. The van der Waals surface area contributed by atoms with Crippen LogP contribution in [0.4, 0.5) is 4.79 Å². The molecule has 0 fully saturated rings. The fourth-order valence-electron chi connectivity index (χ4n) is 1.73. The van der Waals surface area contributed by atoms with Crippen molar-refractivity contribution in [3.63, 3.8) is 0 Å². The van der Waals surface area contributed by atoms with Crippen LogP contribution in [-0.2, 0) is 6.42 Å². The molecule has 0 amide bonds. The average Bonchev–Trinajstić information content (AvgIpc) is 2.32. The number of nitrogens with zero attached hydrogens (tertiary/aromatic N) is 1. The summed E-state index contributed by atoms with van der Waals surface area (Å²) in [7, 11) is 0. The minimum atomic E-state index is -1.35. The predicted molar refractivity (Wildman–Crippen MR) is 66.9 cm³/mol. The summed E-state index contributed by atoms with van der Waals surface area (Å²) < 4.78 is 4.53. The number of benzene rings is 1. The van der Waals surface area contributed by atoms with Crippen molar-refractivity contribution >= 4 is 6.16 Å². The Balaban J connectivity index is 2.19. The summed E-state index contributed by atoms with van der Waals surface area (Å²) >= 11 is 0. The predicted octanol–water partition coefficient (Wildman–Crippen LogP) is 3.04.